The zero-order valence-electron chi connectivity index (χ0n) is 11.3. The Balaban J connectivity index is 2.53. The molecule has 2 unspecified atom stereocenters. The van der Waals surface area contributed by atoms with Crippen molar-refractivity contribution in [1.29, 1.82) is 0 Å². The second kappa shape index (κ2) is 5.88. The molecule has 23 heavy (non-hydrogen) atoms. The van der Waals surface area contributed by atoms with Gasteiger partial charge >= 0.3 is 17.8 Å². The lowest BCUT2D eigenvalue weighted by Crippen LogP contribution is -2.50. The van der Waals surface area contributed by atoms with Gasteiger partial charge in [-0.05, 0) is 0 Å². The Bertz CT molecular complexity index is 727. The van der Waals surface area contributed by atoms with Crippen LogP contribution in [0.15, 0.2) is 21.9 Å². The summed E-state index contributed by atoms with van der Waals surface area (Å²) in [6.07, 6.45) is -8.66. The molecule has 12 heteroatoms. The molecule has 2 rings (SSSR count). The number of hydrogen-bond acceptors (Lipinski definition) is 7. The summed E-state index contributed by atoms with van der Waals surface area (Å²) in [6.45, 7) is -0.652. The van der Waals surface area contributed by atoms with Crippen molar-refractivity contribution in [2.24, 2.45) is 5.73 Å². The molecule has 9 nitrogen and oxygen atoms in total. The lowest BCUT2D eigenvalue weighted by atomic mass is 10.1. The maximum absolute atomic E-state index is 12.5. The number of halogens is 3. The van der Waals surface area contributed by atoms with Crippen molar-refractivity contribution in [2.45, 2.75) is 30.7 Å². The van der Waals surface area contributed by atoms with E-state index in [-0.39, 0.29) is 0 Å². The minimum atomic E-state index is -5.44. The largest absolute Gasteiger partial charge is 0.472 e. The van der Waals surface area contributed by atoms with Crippen LogP contribution in [0, 0.1) is 0 Å². The summed E-state index contributed by atoms with van der Waals surface area (Å²) < 4.78 is 42.4. The molecule has 0 bridgehead atoms. The zero-order valence-corrected chi connectivity index (χ0v) is 11.3. The van der Waals surface area contributed by atoms with Crippen molar-refractivity contribution in [3.8, 4) is 0 Å². The number of aliphatic hydroxyl groups is 2. The molecule has 1 aliphatic heterocycles. The van der Waals surface area contributed by atoms with Gasteiger partial charge in [-0.2, -0.15) is 17.7 Å². The van der Waals surface area contributed by atoms with Gasteiger partial charge in [0.25, 0.3) is 5.56 Å². The number of rotatable bonds is 2. The van der Waals surface area contributed by atoms with Gasteiger partial charge in [-0.25, -0.2) is 4.79 Å². The summed E-state index contributed by atoms with van der Waals surface area (Å²) in [5.41, 5.74) is 2.51. The van der Waals surface area contributed by atoms with Gasteiger partial charge in [-0.15, -0.1) is 0 Å². The van der Waals surface area contributed by atoms with Crippen molar-refractivity contribution in [3.05, 3.63) is 33.1 Å². The van der Waals surface area contributed by atoms with E-state index in [1.165, 1.54) is 0 Å². The summed E-state index contributed by atoms with van der Waals surface area (Å²) in [5.74, 6) is -2.66. The van der Waals surface area contributed by atoms with Crippen LogP contribution < -0.4 is 17.0 Å². The Morgan fingerprint density at radius 1 is 1.39 bits per heavy atom. The highest BCUT2D eigenvalue weighted by Gasteiger charge is 2.45. The van der Waals surface area contributed by atoms with Crippen LogP contribution in [0.25, 0.3) is 0 Å². The molecular formula is C11H12F3N3O6. The fourth-order valence-corrected chi connectivity index (χ4v) is 2.17. The first-order chi connectivity index (χ1) is 10.6. The number of aromatic nitrogens is 2. The van der Waals surface area contributed by atoms with Crippen molar-refractivity contribution in [2.75, 3.05) is 6.61 Å². The second-order valence-electron chi connectivity index (χ2n) is 4.80. The van der Waals surface area contributed by atoms with E-state index in [9.17, 15) is 32.7 Å². The number of carbonyl (C=O) groups excluding carboxylic acids is 1. The number of carbonyl (C=O) groups is 1. The van der Waals surface area contributed by atoms with Gasteiger partial charge in [-0.3, -0.25) is 14.2 Å². The molecule has 1 aromatic rings. The Hall–Kier alpha value is -2.02. The summed E-state index contributed by atoms with van der Waals surface area (Å²) in [5, 5.41) is 18.7. The third kappa shape index (κ3) is 2.93. The Morgan fingerprint density at radius 2 is 2.00 bits per heavy atom. The van der Waals surface area contributed by atoms with Crippen LogP contribution in [0.2, 0.25) is 0 Å². The topological polar surface area (TPSA) is 137 Å². The molecule has 0 spiro atoms. The van der Waals surface area contributed by atoms with Gasteiger partial charge in [0, 0.05) is 12.3 Å². The molecule has 1 aromatic heterocycles. The van der Waals surface area contributed by atoms with E-state index in [2.05, 4.69) is 0 Å². The lowest BCUT2D eigenvalue weighted by molar-refractivity contribution is -0.0956. The van der Waals surface area contributed by atoms with Crippen LogP contribution in [-0.4, -0.2) is 56.3 Å². The Morgan fingerprint density at radius 3 is 2.48 bits per heavy atom. The molecule has 0 saturated carbocycles. The van der Waals surface area contributed by atoms with Gasteiger partial charge in [-0.1, -0.05) is 0 Å². The highest BCUT2D eigenvalue weighted by molar-refractivity contribution is 5.83. The molecule has 1 fully saturated rings. The Labute approximate surface area is 125 Å². The lowest BCUT2D eigenvalue weighted by Gasteiger charge is -2.19. The average Bonchev–Trinajstić information content (AvgIpc) is 2.74. The normalized spacial score (nSPS) is 28.1. The van der Waals surface area contributed by atoms with Crippen LogP contribution >= 0.6 is 0 Å². The highest BCUT2D eigenvalue weighted by Crippen LogP contribution is 2.26. The zero-order chi connectivity index (χ0) is 17.5. The molecule has 1 saturated heterocycles. The van der Waals surface area contributed by atoms with Crippen LogP contribution in [0.3, 0.4) is 0 Å². The van der Waals surface area contributed by atoms with E-state index in [0.29, 0.717) is 10.6 Å². The molecule has 0 aromatic carbocycles. The quantitative estimate of drug-likeness (QED) is 0.555. The first-order valence-corrected chi connectivity index (χ1v) is 6.25. The Kier molecular flexibility index (Phi) is 4.43. The number of hydrogen-bond donors (Lipinski definition) is 3. The maximum atomic E-state index is 12.5. The number of nitrogens with zero attached hydrogens (tertiary/aromatic N) is 2. The third-order valence-corrected chi connectivity index (χ3v) is 3.33. The van der Waals surface area contributed by atoms with E-state index < -0.39 is 59.0 Å². The molecule has 1 aliphatic rings. The van der Waals surface area contributed by atoms with Gasteiger partial charge in [0.15, 0.2) is 6.23 Å². The standard InChI is InChI=1S/C11H12F3N3O6/c12-11(13,14)9(21)17-5(19)1-2-16(10(17)22)8-6(15)7(20)4(3-18)23-8/h1-2,4,6-8,18,20H,3,15H2/t4-,6?,7?,8-/m0/s1. The summed E-state index contributed by atoms with van der Waals surface area (Å²) in [6, 6.07) is -0.712. The van der Waals surface area contributed by atoms with E-state index in [4.69, 9.17) is 15.6 Å². The van der Waals surface area contributed by atoms with Crippen LogP contribution in [0.1, 0.15) is 11.0 Å². The molecule has 0 radical (unpaired) electrons. The molecule has 2 heterocycles. The highest BCUT2D eigenvalue weighted by atomic mass is 19.4. The fourth-order valence-electron chi connectivity index (χ4n) is 2.17. The monoisotopic (exact) mass is 339 g/mol. The van der Waals surface area contributed by atoms with Crippen LogP contribution in [0.4, 0.5) is 13.2 Å². The number of aliphatic hydroxyl groups excluding tert-OH is 2. The number of alkyl halides is 3. The second-order valence-corrected chi connectivity index (χ2v) is 4.80. The van der Waals surface area contributed by atoms with Crippen molar-refractivity contribution < 1.29 is 32.9 Å². The molecule has 4 atom stereocenters. The van der Waals surface area contributed by atoms with E-state index in [1.807, 2.05) is 0 Å². The molecule has 128 valence electrons. The summed E-state index contributed by atoms with van der Waals surface area (Å²) in [4.78, 5) is 34.7. The predicted octanol–water partition coefficient (Wildman–Crippen LogP) is -2.21. The smallest absolute Gasteiger partial charge is 0.394 e. The van der Waals surface area contributed by atoms with Gasteiger partial charge in [0.2, 0.25) is 0 Å². The van der Waals surface area contributed by atoms with Crippen molar-refractivity contribution >= 4 is 5.91 Å². The summed E-state index contributed by atoms with van der Waals surface area (Å²) in [7, 11) is 0. The average molecular weight is 339 g/mol. The van der Waals surface area contributed by atoms with Gasteiger partial charge in [0.1, 0.15) is 12.2 Å². The van der Waals surface area contributed by atoms with Crippen LogP contribution in [-0.2, 0) is 4.74 Å². The van der Waals surface area contributed by atoms with E-state index in [0.717, 1.165) is 6.20 Å². The molecular weight excluding hydrogens is 327 g/mol. The van der Waals surface area contributed by atoms with Crippen molar-refractivity contribution in [3.63, 3.8) is 0 Å². The molecule has 4 N–H and O–H groups in total. The first-order valence-electron chi connectivity index (χ1n) is 6.25. The first kappa shape index (κ1) is 17.3. The number of ether oxygens (including phenoxy) is 1. The van der Waals surface area contributed by atoms with E-state index in [1.54, 1.807) is 0 Å². The van der Waals surface area contributed by atoms with Crippen LogP contribution in [0.5, 0.6) is 0 Å². The van der Waals surface area contributed by atoms with E-state index >= 15 is 0 Å². The van der Waals surface area contributed by atoms with Gasteiger partial charge in [0.05, 0.1) is 12.6 Å². The fraction of sp³-hybridized carbons (Fsp3) is 0.545. The minimum Gasteiger partial charge on any atom is -0.394 e. The minimum absolute atomic E-state index is 0.481. The SMILES string of the molecule is NC1C(O)[C@H](CO)O[C@@H]1n1ccc(=O)n(C(=O)C(F)(F)F)c1=O. The maximum Gasteiger partial charge on any atom is 0.472 e. The predicted molar refractivity (Wildman–Crippen MR) is 66.6 cm³/mol. The summed E-state index contributed by atoms with van der Waals surface area (Å²) >= 11 is 0. The number of nitrogens with two attached hydrogens (primary N) is 1. The molecule has 0 aliphatic carbocycles. The molecule has 0 amide bonds. The third-order valence-electron chi connectivity index (χ3n) is 3.33. The van der Waals surface area contributed by atoms with Gasteiger partial charge < -0.3 is 20.7 Å². The van der Waals surface area contributed by atoms with Crippen molar-refractivity contribution in [1.82, 2.24) is 9.13 Å².